The number of anilines is 1. The third-order valence-corrected chi connectivity index (χ3v) is 5.83. The number of aryl methyl sites for hydroxylation is 2. The third-order valence-electron chi connectivity index (χ3n) is 5.30. The summed E-state index contributed by atoms with van der Waals surface area (Å²) >= 11 is 3.46. The molecule has 2 aromatic carbocycles. The topological polar surface area (TPSA) is 78.7 Å². The Morgan fingerprint density at radius 1 is 1.03 bits per heavy atom. The van der Waals surface area contributed by atoms with Crippen LogP contribution in [0.2, 0.25) is 0 Å². The van der Waals surface area contributed by atoms with E-state index in [-0.39, 0.29) is 5.56 Å². The molecule has 30 heavy (non-hydrogen) atoms. The number of rotatable bonds is 2. The molecule has 3 heterocycles. The number of nitrogens with two attached hydrogens (primary N) is 1. The zero-order valence-electron chi connectivity index (χ0n) is 16.4. The number of fused-ring (bicyclic) bond motifs is 2. The molecule has 6 nitrogen and oxygen atoms in total. The molecule has 3 aromatic heterocycles. The zero-order valence-corrected chi connectivity index (χ0v) is 18.0. The van der Waals surface area contributed by atoms with Crippen LogP contribution in [0.3, 0.4) is 0 Å². The molecular weight excluding hydrogens is 442 g/mol. The Bertz CT molecular complexity index is 1500. The normalized spacial score (nSPS) is 11.4. The summed E-state index contributed by atoms with van der Waals surface area (Å²) in [5, 5.41) is 0.739. The fourth-order valence-electron chi connectivity index (χ4n) is 3.77. The van der Waals surface area contributed by atoms with Crippen LogP contribution in [0.15, 0.2) is 70.2 Å². The van der Waals surface area contributed by atoms with Gasteiger partial charge >= 0.3 is 0 Å². The quantitative estimate of drug-likeness (QED) is 0.418. The van der Waals surface area contributed by atoms with E-state index < -0.39 is 0 Å². The zero-order chi connectivity index (χ0) is 21.0. The maximum absolute atomic E-state index is 13.8. The van der Waals surface area contributed by atoms with E-state index >= 15 is 0 Å². The van der Waals surface area contributed by atoms with Crippen LogP contribution in [-0.2, 0) is 7.05 Å². The fraction of sp³-hybridized carbons (Fsp3) is 0.0870. The second-order valence-electron chi connectivity index (χ2n) is 7.29. The first-order valence-corrected chi connectivity index (χ1v) is 10.2. The highest BCUT2D eigenvalue weighted by molar-refractivity contribution is 9.10. The number of hydrogen-bond acceptors (Lipinski definition) is 4. The largest absolute Gasteiger partial charge is 0.397 e. The predicted molar refractivity (Wildman–Crippen MR) is 124 cm³/mol. The molecule has 0 saturated carbocycles. The van der Waals surface area contributed by atoms with Gasteiger partial charge < -0.3 is 10.3 Å². The van der Waals surface area contributed by atoms with Crippen LogP contribution in [0, 0.1) is 6.92 Å². The molecular formula is C23H18BrN5O. The Kier molecular flexibility index (Phi) is 4.22. The first kappa shape index (κ1) is 18.6. The maximum Gasteiger partial charge on any atom is 0.266 e. The fourth-order valence-corrected chi connectivity index (χ4v) is 4.04. The van der Waals surface area contributed by atoms with E-state index in [1.54, 1.807) is 10.9 Å². The van der Waals surface area contributed by atoms with E-state index in [1.165, 1.54) is 0 Å². The standard InChI is InChI=1S/C23H18BrN5O/c1-13-3-9-17-21(25)20(14-4-10-18-19(11-14)28(2)12-26-18)23(30)29(22(17)27-13)16-7-5-15(24)6-8-16/h3-12H,25H2,1-2H3. The van der Waals surface area contributed by atoms with Crippen LogP contribution < -0.4 is 11.3 Å². The molecule has 5 rings (SSSR count). The molecule has 0 aliphatic rings. The summed E-state index contributed by atoms with van der Waals surface area (Å²) in [4.78, 5) is 22.8. The molecule has 0 spiro atoms. The van der Waals surface area contributed by atoms with Gasteiger partial charge in [-0.2, -0.15) is 0 Å². The highest BCUT2D eigenvalue weighted by atomic mass is 79.9. The van der Waals surface area contributed by atoms with E-state index in [0.717, 1.165) is 37.8 Å². The Balaban J connectivity index is 1.91. The minimum absolute atomic E-state index is 0.207. The first-order chi connectivity index (χ1) is 14.4. The number of hydrogen-bond donors (Lipinski definition) is 1. The predicted octanol–water partition coefficient (Wildman–Crippen LogP) is 4.59. The molecule has 0 radical (unpaired) electrons. The van der Waals surface area contributed by atoms with Gasteiger partial charge in [0.1, 0.15) is 5.65 Å². The van der Waals surface area contributed by atoms with Crippen LogP contribution in [0.4, 0.5) is 5.69 Å². The lowest BCUT2D eigenvalue weighted by Crippen LogP contribution is -2.23. The molecule has 0 atom stereocenters. The molecule has 5 aromatic rings. The molecule has 0 bridgehead atoms. The molecule has 0 aliphatic heterocycles. The van der Waals surface area contributed by atoms with Crippen molar-refractivity contribution in [3.05, 3.63) is 81.4 Å². The van der Waals surface area contributed by atoms with Gasteiger partial charge in [-0.3, -0.25) is 9.36 Å². The lowest BCUT2D eigenvalue weighted by atomic mass is 10.0. The average Bonchev–Trinajstić information content (AvgIpc) is 3.10. The van der Waals surface area contributed by atoms with Crippen molar-refractivity contribution in [2.45, 2.75) is 6.92 Å². The minimum atomic E-state index is -0.207. The van der Waals surface area contributed by atoms with Gasteiger partial charge in [0, 0.05) is 22.6 Å². The Hall–Kier alpha value is -3.45. The van der Waals surface area contributed by atoms with Crippen LogP contribution in [-0.4, -0.2) is 19.1 Å². The summed E-state index contributed by atoms with van der Waals surface area (Å²) in [6.45, 7) is 1.90. The Morgan fingerprint density at radius 3 is 2.57 bits per heavy atom. The molecule has 148 valence electrons. The van der Waals surface area contributed by atoms with Gasteiger partial charge in [-0.15, -0.1) is 0 Å². The number of nitrogens with zero attached hydrogens (tertiary/aromatic N) is 4. The SMILES string of the molecule is Cc1ccc2c(N)c(-c3ccc4ncn(C)c4c3)c(=O)n(-c3ccc(Br)cc3)c2n1. The highest BCUT2D eigenvalue weighted by Gasteiger charge is 2.19. The highest BCUT2D eigenvalue weighted by Crippen LogP contribution is 2.32. The molecule has 7 heteroatoms. The van der Waals surface area contributed by atoms with Crippen LogP contribution in [0.1, 0.15) is 5.69 Å². The minimum Gasteiger partial charge on any atom is -0.397 e. The summed E-state index contributed by atoms with van der Waals surface area (Å²) in [6, 6.07) is 17.2. The van der Waals surface area contributed by atoms with E-state index in [2.05, 4.69) is 25.9 Å². The number of pyridine rings is 2. The third kappa shape index (κ3) is 2.81. The lowest BCUT2D eigenvalue weighted by Gasteiger charge is -2.16. The van der Waals surface area contributed by atoms with Crippen LogP contribution in [0.5, 0.6) is 0 Å². The van der Waals surface area contributed by atoms with Gasteiger partial charge in [0.25, 0.3) is 5.56 Å². The smallest absolute Gasteiger partial charge is 0.266 e. The van der Waals surface area contributed by atoms with E-state index in [4.69, 9.17) is 5.73 Å². The molecule has 0 unspecified atom stereocenters. The molecule has 0 fully saturated rings. The second-order valence-corrected chi connectivity index (χ2v) is 8.20. The molecule has 0 saturated heterocycles. The van der Waals surface area contributed by atoms with Crippen molar-refractivity contribution >= 4 is 43.7 Å². The van der Waals surface area contributed by atoms with Crippen molar-refractivity contribution in [1.82, 2.24) is 19.1 Å². The number of aromatic nitrogens is 4. The van der Waals surface area contributed by atoms with E-state index in [0.29, 0.717) is 16.9 Å². The van der Waals surface area contributed by atoms with Gasteiger partial charge in [0.15, 0.2) is 0 Å². The van der Waals surface area contributed by atoms with Crippen molar-refractivity contribution in [2.24, 2.45) is 7.05 Å². The van der Waals surface area contributed by atoms with E-state index in [1.807, 2.05) is 73.1 Å². The Labute approximate surface area is 180 Å². The number of nitrogen functional groups attached to an aromatic ring is 1. The summed E-state index contributed by atoms with van der Waals surface area (Å²) in [7, 11) is 1.93. The van der Waals surface area contributed by atoms with Gasteiger partial charge in [-0.05, 0) is 61.0 Å². The van der Waals surface area contributed by atoms with Crippen molar-refractivity contribution in [1.29, 1.82) is 0 Å². The van der Waals surface area contributed by atoms with Crippen molar-refractivity contribution in [2.75, 3.05) is 5.73 Å². The number of imidazole rings is 1. The number of halogens is 1. The van der Waals surface area contributed by atoms with Crippen molar-refractivity contribution in [3.63, 3.8) is 0 Å². The summed E-state index contributed by atoms with van der Waals surface area (Å²) in [5.41, 5.74) is 11.9. The van der Waals surface area contributed by atoms with Gasteiger partial charge in [-0.25, -0.2) is 9.97 Å². The molecule has 0 amide bonds. The first-order valence-electron chi connectivity index (χ1n) is 9.43. The van der Waals surface area contributed by atoms with Crippen LogP contribution >= 0.6 is 15.9 Å². The summed E-state index contributed by atoms with van der Waals surface area (Å²) in [5.74, 6) is 0. The molecule has 2 N–H and O–H groups in total. The lowest BCUT2D eigenvalue weighted by molar-refractivity contribution is 0.947. The maximum atomic E-state index is 13.8. The van der Waals surface area contributed by atoms with Gasteiger partial charge in [0.05, 0.1) is 34.3 Å². The van der Waals surface area contributed by atoms with Crippen molar-refractivity contribution < 1.29 is 0 Å². The molecule has 0 aliphatic carbocycles. The Morgan fingerprint density at radius 2 is 1.80 bits per heavy atom. The average molecular weight is 460 g/mol. The summed E-state index contributed by atoms with van der Waals surface area (Å²) < 4.78 is 4.49. The number of benzene rings is 2. The van der Waals surface area contributed by atoms with Crippen LogP contribution in [0.25, 0.3) is 38.9 Å². The van der Waals surface area contributed by atoms with Crippen molar-refractivity contribution in [3.8, 4) is 16.8 Å². The summed E-state index contributed by atoms with van der Waals surface area (Å²) in [6.07, 6.45) is 1.75. The van der Waals surface area contributed by atoms with Gasteiger partial charge in [-0.1, -0.05) is 22.0 Å². The monoisotopic (exact) mass is 459 g/mol. The van der Waals surface area contributed by atoms with Gasteiger partial charge in [0.2, 0.25) is 0 Å². The second kappa shape index (κ2) is 6.81. The van der Waals surface area contributed by atoms with E-state index in [9.17, 15) is 4.79 Å².